The van der Waals surface area contributed by atoms with Crippen LogP contribution in [0, 0.1) is 17.8 Å². The molecule has 2 aliphatic carbocycles. The van der Waals surface area contributed by atoms with Crippen LogP contribution in [0.2, 0.25) is 5.15 Å². The third kappa shape index (κ3) is 2.75. The predicted molar refractivity (Wildman–Crippen MR) is 80.1 cm³/mol. The van der Waals surface area contributed by atoms with Gasteiger partial charge in [-0.1, -0.05) is 18.0 Å². The number of aromatic nitrogens is 1. The Morgan fingerprint density at radius 1 is 1.40 bits per heavy atom. The molecule has 2 bridgehead atoms. The van der Waals surface area contributed by atoms with E-state index in [1.54, 1.807) is 19.2 Å². The monoisotopic (exact) mass is 293 g/mol. The van der Waals surface area contributed by atoms with E-state index < -0.39 is 0 Å². The Hall–Kier alpha value is -1.29. The van der Waals surface area contributed by atoms with Crippen LogP contribution in [-0.4, -0.2) is 24.5 Å². The van der Waals surface area contributed by atoms with Gasteiger partial charge in [0.25, 0.3) is 5.91 Å². The van der Waals surface area contributed by atoms with Crippen LogP contribution in [0.25, 0.3) is 0 Å². The van der Waals surface area contributed by atoms with Crippen molar-refractivity contribution in [1.82, 2.24) is 10.3 Å². The minimum atomic E-state index is -0.0615. The van der Waals surface area contributed by atoms with Crippen LogP contribution >= 0.6 is 11.6 Å². The molecule has 108 valence electrons. The second-order valence-corrected chi connectivity index (χ2v) is 6.35. The fourth-order valence-corrected chi connectivity index (χ4v) is 3.92. The minimum Gasteiger partial charge on any atom is -0.373 e. The number of hydrogen-bond acceptors (Lipinski definition) is 3. The van der Waals surface area contributed by atoms with Gasteiger partial charge in [-0.3, -0.25) is 4.79 Å². The van der Waals surface area contributed by atoms with Crippen LogP contribution in [0.4, 0.5) is 5.82 Å². The van der Waals surface area contributed by atoms with E-state index in [0.29, 0.717) is 22.5 Å². The third-order valence-electron chi connectivity index (χ3n) is 4.72. The number of pyridine rings is 1. The van der Waals surface area contributed by atoms with Crippen molar-refractivity contribution in [2.75, 3.05) is 18.9 Å². The van der Waals surface area contributed by atoms with Gasteiger partial charge in [0.15, 0.2) is 0 Å². The van der Waals surface area contributed by atoms with Crippen molar-refractivity contribution in [3.05, 3.63) is 22.8 Å². The highest BCUT2D eigenvalue weighted by atomic mass is 35.5. The Bertz CT molecular complexity index is 520. The number of hydrogen-bond donors (Lipinski definition) is 2. The van der Waals surface area contributed by atoms with Gasteiger partial charge in [-0.15, -0.1) is 0 Å². The summed E-state index contributed by atoms with van der Waals surface area (Å²) in [6.07, 6.45) is 5.38. The first-order chi connectivity index (χ1) is 9.65. The molecule has 2 fully saturated rings. The van der Waals surface area contributed by atoms with Gasteiger partial charge >= 0.3 is 0 Å². The number of fused-ring (bicyclic) bond motifs is 2. The number of carbonyl (C=O) groups excluding carboxylic acids is 1. The molecule has 1 heterocycles. The Labute approximate surface area is 124 Å². The summed E-state index contributed by atoms with van der Waals surface area (Å²) in [6, 6.07) is 3.33. The maximum absolute atomic E-state index is 12.2. The largest absolute Gasteiger partial charge is 0.373 e. The maximum atomic E-state index is 12.2. The number of anilines is 1. The first kappa shape index (κ1) is 13.7. The molecule has 2 N–H and O–H groups in total. The molecule has 0 radical (unpaired) electrons. The average Bonchev–Trinajstić information content (AvgIpc) is 3.06. The molecule has 3 rings (SSSR count). The van der Waals surface area contributed by atoms with Crippen molar-refractivity contribution in [2.45, 2.75) is 25.7 Å². The van der Waals surface area contributed by atoms with E-state index in [-0.39, 0.29) is 5.91 Å². The zero-order valence-corrected chi connectivity index (χ0v) is 12.4. The Balaban J connectivity index is 1.60. The summed E-state index contributed by atoms with van der Waals surface area (Å²) in [5, 5.41) is 6.29. The van der Waals surface area contributed by atoms with Crippen LogP contribution in [0.1, 0.15) is 36.0 Å². The highest BCUT2D eigenvalue weighted by Crippen LogP contribution is 2.47. The highest BCUT2D eigenvalue weighted by molar-refractivity contribution is 6.29. The van der Waals surface area contributed by atoms with Gasteiger partial charge in [0, 0.05) is 19.2 Å². The Kier molecular flexibility index (Phi) is 3.83. The van der Waals surface area contributed by atoms with Crippen molar-refractivity contribution in [2.24, 2.45) is 17.8 Å². The molecule has 20 heavy (non-hydrogen) atoms. The van der Waals surface area contributed by atoms with E-state index in [1.807, 2.05) is 0 Å². The molecule has 4 nitrogen and oxygen atoms in total. The third-order valence-corrected chi connectivity index (χ3v) is 4.92. The summed E-state index contributed by atoms with van der Waals surface area (Å²) in [7, 11) is 1.76. The lowest BCUT2D eigenvalue weighted by molar-refractivity contribution is 0.0941. The van der Waals surface area contributed by atoms with Crippen molar-refractivity contribution >= 4 is 23.3 Å². The van der Waals surface area contributed by atoms with Gasteiger partial charge in [0.2, 0.25) is 0 Å². The normalized spacial score (nSPS) is 27.6. The van der Waals surface area contributed by atoms with Crippen LogP contribution in [0.15, 0.2) is 12.1 Å². The SMILES string of the molecule is CNc1cc(C(=O)NCC2CC3CCC2C3)cc(Cl)n1. The Morgan fingerprint density at radius 2 is 2.25 bits per heavy atom. The smallest absolute Gasteiger partial charge is 0.251 e. The van der Waals surface area contributed by atoms with E-state index >= 15 is 0 Å². The van der Waals surface area contributed by atoms with Gasteiger partial charge in [-0.05, 0) is 49.1 Å². The topological polar surface area (TPSA) is 54.0 Å². The number of amides is 1. The zero-order valence-electron chi connectivity index (χ0n) is 11.7. The van der Waals surface area contributed by atoms with Crippen molar-refractivity contribution in [3.8, 4) is 0 Å². The zero-order chi connectivity index (χ0) is 14.1. The maximum Gasteiger partial charge on any atom is 0.251 e. The fourth-order valence-electron chi connectivity index (χ4n) is 3.71. The summed E-state index contributed by atoms with van der Waals surface area (Å²) in [5.41, 5.74) is 0.567. The van der Waals surface area contributed by atoms with Crippen LogP contribution in [-0.2, 0) is 0 Å². The van der Waals surface area contributed by atoms with E-state index in [2.05, 4.69) is 15.6 Å². The van der Waals surface area contributed by atoms with Gasteiger partial charge in [0.1, 0.15) is 11.0 Å². The molecule has 2 aliphatic rings. The summed E-state index contributed by atoms with van der Waals surface area (Å²) in [6.45, 7) is 0.787. The van der Waals surface area contributed by atoms with Gasteiger partial charge in [-0.25, -0.2) is 4.98 Å². The standard InChI is InChI=1S/C15H20ClN3O/c1-17-14-7-11(6-13(16)19-14)15(20)18-8-12-5-9-2-3-10(12)4-9/h6-7,9-10,12H,2-5,8H2,1H3,(H,17,19)(H,18,20). The summed E-state index contributed by atoms with van der Waals surface area (Å²) in [5.74, 6) is 2.96. The quantitative estimate of drug-likeness (QED) is 0.839. The summed E-state index contributed by atoms with van der Waals surface area (Å²) < 4.78 is 0. The number of carbonyl (C=O) groups is 1. The van der Waals surface area contributed by atoms with Gasteiger partial charge < -0.3 is 10.6 Å². The number of nitrogens with zero attached hydrogens (tertiary/aromatic N) is 1. The molecule has 0 aromatic carbocycles. The molecule has 2 saturated carbocycles. The van der Waals surface area contributed by atoms with E-state index in [9.17, 15) is 4.79 Å². The second kappa shape index (κ2) is 5.60. The molecule has 1 amide bonds. The first-order valence-corrected chi connectivity index (χ1v) is 7.67. The molecular formula is C15H20ClN3O. The molecule has 3 unspecified atom stereocenters. The van der Waals surface area contributed by atoms with Gasteiger partial charge in [0.05, 0.1) is 0 Å². The molecule has 1 aromatic heterocycles. The van der Waals surface area contributed by atoms with Gasteiger partial charge in [-0.2, -0.15) is 0 Å². The summed E-state index contributed by atoms with van der Waals surface area (Å²) >= 11 is 5.92. The van der Waals surface area contributed by atoms with Crippen LogP contribution < -0.4 is 10.6 Å². The van der Waals surface area contributed by atoms with Crippen molar-refractivity contribution in [1.29, 1.82) is 0 Å². The number of nitrogens with one attached hydrogen (secondary N) is 2. The summed E-state index contributed by atoms with van der Waals surface area (Å²) in [4.78, 5) is 16.3. The first-order valence-electron chi connectivity index (χ1n) is 7.29. The highest BCUT2D eigenvalue weighted by Gasteiger charge is 2.39. The van der Waals surface area contributed by atoms with Crippen molar-refractivity contribution in [3.63, 3.8) is 0 Å². The lowest BCUT2D eigenvalue weighted by Crippen LogP contribution is -2.31. The van der Waals surface area contributed by atoms with Crippen molar-refractivity contribution < 1.29 is 4.79 Å². The molecule has 0 saturated heterocycles. The van der Waals surface area contributed by atoms with Crippen LogP contribution in [0.5, 0.6) is 0 Å². The fraction of sp³-hybridized carbons (Fsp3) is 0.600. The van der Waals surface area contributed by atoms with E-state index in [0.717, 1.165) is 18.4 Å². The van der Waals surface area contributed by atoms with Crippen LogP contribution in [0.3, 0.4) is 0 Å². The lowest BCUT2D eigenvalue weighted by atomic mass is 9.89. The molecule has 5 heteroatoms. The van der Waals surface area contributed by atoms with E-state index in [1.165, 1.54) is 25.7 Å². The molecule has 1 aromatic rings. The predicted octanol–water partition coefficient (Wildman–Crippen LogP) is 2.94. The Morgan fingerprint density at radius 3 is 2.90 bits per heavy atom. The second-order valence-electron chi connectivity index (χ2n) is 5.96. The molecular weight excluding hydrogens is 274 g/mol. The minimum absolute atomic E-state index is 0.0615. The van der Waals surface area contributed by atoms with E-state index in [4.69, 9.17) is 11.6 Å². The lowest BCUT2D eigenvalue weighted by Gasteiger charge is -2.21. The number of halogens is 1. The average molecular weight is 294 g/mol. The molecule has 3 atom stereocenters. The number of rotatable bonds is 4. The molecule has 0 spiro atoms. The molecule has 0 aliphatic heterocycles.